The van der Waals surface area contributed by atoms with Gasteiger partial charge >= 0.3 is 0 Å². The van der Waals surface area contributed by atoms with Crippen LogP contribution in [-0.2, 0) is 9.84 Å². The summed E-state index contributed by atoms with van der Waals surface area (Å²) >= 11 is 3.29. The lowest BCUT2D eigenvalue weighted by Crippen LogP contribution is -2.01. The summed E-state index contributed by atoms with van der Waals surface area (Å²) in [6, 6.07) is 13.6. The second kappa shape index (κ2) is 4.63. The third kappa shape index (κ3) is 2.58. The second-order valence-corrected chi connectivity index (χ2v) is 6.64. The first-order chi connectivity index (χ1) is 8.00. The first-order valence-corrected chi connectivity index (χ1v) is 7.35. The van der Waals surface area contributed by atoms with Crippen LogP contribution in [0.1, 0.15) is 5.56 Å². The summed E-state index contributed by atoms with van der Waals surface area (Å²) in [5, 5.41) is 0. The van der Waals surface area contributed by atoms with Crippen LogP contribution in [0, 0.1) is 6.92 Å². The van der Waals surface area contributed by atoms with Crippen molar-refractivity contribution in [3.05, 3.63) is 58.6 Å². The Hall–Kier alpha value is -1.13. The Morgan fingerprint density at radius 3 is 2.18 bits per heavy atom. The van der Waals surface area contributed by atoms with E-state index in [1.807, 2.05) is 13.0 Å². The van der Waals surface area contributed by atoms with Gasteiger partial charge in [-0.05, 0) is 48.9 Å². The predicted octanol–water partition coefficient (Wildman–Crippen LogP) is 3.59. The van der Waals surface area contributed by atoms with Gasteiger partial charge in [-0.3, -0.25) is 0 Å². The van der Waals surface area contributed by atoms with Gasteiger partial charge in [-0.15, -0.1) is 0 Å². The average Bonchev–Trinajstić information content (AvgIpc) is 2.29. The molecule has 0 atom stereocenters. The van der Waals surface area contributed by atoms with Gasteiger partial charge in [0.15, 0.2) is 0 Å². The van der Waals surface area contributed by atoms with E-state index in [4.69, 9.17) is 0 Å². The molecule has 0 saturated heterocycles. The molecule has 2 aromatic carbocycles. The summed E-state index contributed by atoms with van der Waals surface area (Å²) in [5.41, 5.74) is 0.934. The number of sulfone groups is 1. The molecule has 17 heavy (non-hydrogen) atoms. The third-order valence-corrected chi connectivity index (χ3v) is 4.72. The fraction of sp³-hybridized carbons (Fsp3) is 0.0769. The van der Waals surface area contributed by atoms with Crippen LogP contribution in [0.5, 0.6) is 0 Å². The highest BCUT2D eigenvalue weighted by Gasteiger charge is 2.16. The maximum Gasteiger partial charge on any atom is 0.206 e. The van der Waals surface area contributed by atoms with Crippen molar-refractivity contribution < 1.29 is 8.42 Å². The van der Waals surface area contributed by atoms with Crippen molar-refractivity contribution in [3.8, 4) is 0 Å². The van der Waals surface area contributed by atoms with Crippen LogP contribution in [-0.4, -0.2) is 8.42 Å². The molecular weight excluding hydrogens is 300 g/mol. The van der Waals surface area contributed by atoms with Crippen molar-refractivity contribution in [1.29, 1.82) is 0 Å². The zero-order valence-corrected chi connectivity index (χ0v) is 11.6. The molecular formula is C13H11BrO2S. The molecule has 0 amide bonds. The van der Waals surface area contributed by atoms with Gasteiger partial charge in [0.2, 0.25) is 9.84 Å². The minimum absolute atomic E-state index is 0.311. The molecule has 0 saturated carbocycles. The van der Waals surface area contributed by atoms with E-state index in [0.29, 0.717) is 9.79 Å². The molecule has 0 aliphatic heterocycles. The smallest absolute Gasteiger partial charge is 0.206 e. The molecule has 2 aromatic rings. The van der Waals surface area contributed by atoms with Crippen LogP contribution in [0.15, 0.2) is 62.8 Å². The predicted molar refractivity (Wildman–Crippen MR) is 70.8 cm³/mol. The Morgan fingerprint density at radius 2 is 1.59 bits per heavy atom. The van der Waals surface area contributed by atoms with E-state index in [0.717, 1.165) is 10.0 Å². The van der Waals surface area contributed by atoms with Crippen molar-refractivity contribution >= 4 is 25.8 Å². The molecule has 88 valence electrons. The molecule has 0 spiro atoms. The van der Waals surface area contributed by atoms with Gasteiger partial charge in [0.1, 0.15) is 0 Å². The van der Waals surface area contributed by atoms with Gasteiger partial charge in [-0.2, -0.15) is 0 Å². The highest BCUT2D eigenvalue weighted by Crippen LogP contribution is 2.22. The fourth-order valence-electron chi connectivity index (χ4n) is 1.53. The van der Waals surface area contributed by atoms with E-state index in [-0.39, 0.29) is 0 Å². The van der Waals surface area contributed by atoms with Crippen LogP contribution in [0.4, 0.5) is 0 Å². The first-order valence-electron chi connectivity index (χ1n) is 5.07. The Bertz CT molecular complexity index is 631. The zero-order valence-electron chi connectivity index (χ0n) is 9.22. The Labute approximate surface area is 109 Å². The summed E-state index contributed by atoms with van der Waals surface area (Å²) in [5.74, 6) is 0. The lowest BCUT2D eigenvalue weighted by atomic mass is 10.2. The molecule has 0 heterocycles. The molecule has 2 nitrogen and oxygen atoms in total. The molecule has 0 bridgehead atoms. The van der Waals surface area contributed by atoms with E-state index >= 15 is 0 Å². The zero-order chi connectivity index (χ0) is 12.5. The normalized spacial score (nSPS) is 11.4. The molecule has 0 fully saturated rings. The number of rotatable bonds is 2. The van der Waals surface area contributed by atoms with Crippen molar-refractivity contribution in [2.45, 2.75) is 16.7 Å². The molecule has 2 rings (SSSR count). The summed E-state index contributed by atoms with van der Waals surface area (Å²) in [7, 11) is -3.40. The van der Waals surface area contributed by atoms with E-state index in [2.05, 4.69) is 15.9 Å². The second-order valence-electron chi connectivity index (χ2n) is 3.77. The van der Waals surface area contributed by atoms with Crippen LogP contribution < -0.4 is 0 Å². The van der Waals surface area contributed by atoms with E-state index < -0.39 is 9.84 Å². The Kier molecular flexibility index (Phi) is 3.35. The van der Waals surface area contributed by atoms with Gasteiger partial charge in [0.05, 0.1) is 9.79 Å². The van der Waals surface area contributed by atoms with Crippen LogP contribution in [0.25, 0.3) is 0 Å². The quantitative estimate of drug-likeness (QED) is 0.849. The topological polar surface area (TPSA) is 34.1 Å². The highest BCUT2D eigenvalue weighted by atomic mass is 79.9. The molecule has 0 N–H and O–H groups in total. The molecule has 0 aliphatic carbocycles. The van der Waals surface area contributed by atoms with E-state index in [1.165, 1.54) is 0 Å². The van der Waals surface area contributed by atoms with E-state index in [1.54, 1.807) is 42.5 Å². The van der Waals surface area contributed by atoms with Crippen molar-refractivity contribution in [1.82, 2.24) is 0 Å². The standard InChI is InChI=1S/C13H11BrO2S/c1-10-3-2-4-13(9-10)17(15,16)12-7-5-11(14)6-8-12/h2-9H,1H3. The van der Waals surface area contributed by atoms with Gasteiger partial charge < -0.3 is 0 Å². The number of hydrogen-bond acceptors (Lipinski definition) is 2. The maximum absolute atomic E-state index is 12.3. The van der Waals surface area contributed by atoms with Gasteiger partial charge in [0.25, 0.3) is 0 Å². The molecule has 0 aliphatic rings. The number of halogens is 1. The lowest BCUT2D eigenvalue weighted by Gasteiger charge is -2.05. The molecule has 4 heteroatoms. The van der Waals surface area contributed by atoms with Gasteiger partial charge in [-0.25, -0.2) is 8.42 Å². The summed E-state index contributed by atoms with van der Waals surface area (Å²) in [6.07, 6.45) is 0. The maximum atomic E-state index is 12.3. The SMILES string of the molecule is Cc1cccc(S(=O)(=O)c2ccc(Br)cc2)c1. The van der Waals surface area contributed by atoms with Crippen LogP contribution in [0.3, 0.4) is 0 Å². The minimum Gasteiger partial charge on any atom is -0.219 e. The molecule has 0 radical (unpaired) electrons. The van der Waals surface area contributed by atoms with Gasteiger partial charge in [-0.1, -0.05) is 28.1 Å². The third-order valence-electron chi connectivity index (χ3n) is 2.42. The van der Waals surface area contributed by atoms with Crippen molar-refractivity contribution in [2.24, 2.45) is 0 Å². The number of hydrogen-bond donors (Lipinski definition) is 0. The first kappa shape index (κ1) is 12.3. The largest absolute Gasteiger partial charge is 0.219 e. The van der Waals surface area contributed by atoms with Gasteiger partial charge in [0, 0.05) is 4.47 Å². The average molecular weight is 311 g/mol. The lowest BCUT2D eigenvalue weighted by molar-refractivity contribution is 0.596. The summed E-state index contributed by atoms with van der Waals surface area (Å²) in [6.45, 7) is 1.88. The van der Waals surface area contributed by atoms with Crippen LogP contribution >= 0.6 is 15.9 Å². The Balaban J connectivity index is 2.54. The molecule has 0 unspecified atom stereocenters. The molecule has 0 aromatic heterocycles. The summed E-state index contributed by atoms with van der Waals surface area (Å²) < 4.78 is 25.4. The van der Waals surface area contributed by atoms with Crippen LogP contribution in [0.2, 0.25) is 0 Å². The number of benzene rings is 2. The highest BCUT2D eigenvalue weighted by molar-refractivity contribution is 9.10. The number of aryl methyl sites for hydroxylation is 1. The van der Waals surface area contributed by atoms with E-state index in [9.17, 15) is 8.42 Å². The van der Waals surface area contributed by atoms with Crippen molar-refractivity contribution in [3.63, 3.8) is 0 Å². The van der Waals surface area contributed by atoms with Crippen molar-refractivity contribution in [2.75, 3.05) is 0 Å². The Morgan fingerprint density at radius 1 is 0.941 bits per heavy atom. The summed E-state index contributed by atoms with van der Waals surface area (Å²) in [4.78, 5) is 0.645. The minimum atomic E-state index is -3.40. The monoisotopic (exact) mass is 310 g/mol. The fourth-order valence-corrected chi connectivity index (χ4v) is 3.16.